The van der Waals surface area contributed by atoms with Crippen molar-refractivity contribution >= 4 is 10.8 Å². The van der Waals surface area contributed by atoms with Crippen LogP contribution in [0.4, 0.5) is 0 Å². The summed E-state index contributed by atoms with van der Waals surface area (Å²) in [4.78, 5) is 0.806. The summed E-state index contributed by atoms with van der Waals surface area (Å²) >= 11 is 0. The van der Waals surface area contributed by atoms with Gasteiger partial charge in [-0.1, -0.05) is 6.92 Å². The van der Waals surface area contributed by atoms with Crippen LogP contribution in [0.2, 0.25) is 0 Å². The van der Waals surface area contributed by atoms with Crippen LogP contribution in [0.3, 0.4) is 0 Å². The number of hydrogen-bond donors (Lipinski definition) is 0. The van der Waals surface area contributed by atoms with Crippen molar-refractivity contribution in [2.45, 2.75) is 18.2 Å². The van der Waals surface area contributed by atoms with Gasteiger partial charge in [0.2, 0.25) is 0 Å². The quantitative estimate of drug-likeness (QED) is 0.737. The van der Waals surface area contributed by atoms with Gasteiger partial charge in [-0.3, -0.25) is 4.21 Å². The zero-order chi connectivity index (χ0) is 9.68. The van der Waals surface area contributed by atoms with E-state index in [1.165, 1.54) is 0 Å². The Hall–Kier alpha value is -1.14. The van der Waals surface area contributed by atoms with Crippen LogP contribution in [0.15, 0.2) is 29.2 Å². The normalized spacial score (nSPS) is 12.0. The van der Waals surface area contributed by atoms with Crippen molar-refractivity contribution in [3.05, 3.63) is 29.8 Å². The largest absolute Gasteiger partial charge is 0.254 e. The molecule has 1 aromatic carbocycles. The topological polar surface area (TPSA) is 40.9 Å². The van der Waals surface area contributed by atoms with E-state index in [1.54, 1.807) is 24.3 Å². The van der Waals surface area contributed by atoms with Crippen LogP contribution in [-0.4, -0.2) is 9.96 Å². The third kappa shape index (κ3) is 2.67. The molecule has 0 aromatic heterocycles. The molecule has 0 radical (unpaired) electrons. The van der Waals surface area contributed by atoms with Crippen LogP contribution in [0.5, 0.6) is 0 Å². The molecule has 3 heteroatoms. The lowest BCUT2D eigenvalue weighted by Crippen LogP contribution is -1.96. The Labute approximate surface area is 80.7 Å². The van der Waals surface area contributed by atoms with Gasteiger partial charge in [0.05, 0.1) is 22.4 Å². The highest BCUT2D eigenvalue weighted by molar-refractivity contribution is 7.85. The molecule has 0 spiro atoms. The predicted octanol–water partition coefficient (Wildman–Crippen LogP) is 2.08. The van der Waals surface area contributed by atoms with Gasteiger partial charge in [0, 0.05) is 10.6 Å². The molecule has 1 unspecified atom stereocenters. The lowest BCUT2D eigenvalue weighted by atomic mass is 10.2. The van der Waals surface area contributed by atoms with E-state index in [-0.39, 0.29) is 0 Å². The highest BCUT2D eigenvalue weighted by atomic mass is 32.2. The average Bonchev–Trinajstić information content (AvgIpc) is 2.18. The monoisotopic (exact) mass is 193 g/mol. The fourth-order valence-electron chi connectivity index (χ4n) is 0.984. The molecule has 0 heterocycles. The minimum absolute atomic E-state index is 0.609. The van der Waals surface area contributed by atoms with Crippen LogP contribution >= 0.6 is 0 Å². The van der Waals surface area contributed by atoms with Crippen LogP contribution in [-0.2, 0) is 10.8 Å². The van der Waals surface area contributed by atoms with Gasteiger partial charge >= 0.3 is 0 Å². The Kier molecular flexibility index (Phi) is 3.66. The first-order chi connectivity index (χ1) is 6.27. The minimum atomic E-state index is -0.903. The Bertz CT molecular complexity index is 337. The first-order valence-electron chi connectivity index (χ1n) is 4.16. The molecule has 68 valence electrons. The molecule has 13 heavy (non-hydrogen) atoms. The van der Waals surface area contributed by atoms with Gasteiger partial charge in [-0.25, -0.2) is 0 Å². The summed E-state index contributed by atoms with van der Waals surface area (Å²) in [5.74, 6) is 0.686. The standard InChI is InChI=1S/C10H11NOS/c1-2-7-13(12)10-5-3-9(8-11)4-6-10/h3-6H,2,7H2,1H3. The highest BCUT2D eigenvalue weighted by Crippen LogP contribution is 2.08. The molecule has 0 aliphatic carbocycles. The molecule has 0 aliphatic rings. The zero-order valence-corrected chi connectivity index (χ0v) is 8.30. The Balaban J connectivity index is 2.81. The molecule has 1 atom stereocenters. The molecule has 0 fully saturated rings. The molecule has 0 saturated heterocycles. The van der Waals surface area contributed by atoms with Gasteiger partial charge in [-0.05, 0) is 30.7 Å². The number of nitriles is 1. The summed E-state index contributed by atoms with van der Waals surface area (Å²) in [6, 6.07) is 8.93. The molecule has 0 amide bonds. The number of rotatable bonds is 3. The first-order valence-corrected chi connectivity index (χ1v) is 5.48. The van der Waals surface area contributed by atoms with E-state index < -0.39 is 10.8 Å². The fourth-order valence-corrected chi connectivity index (χ4v) is 2.03. The van der Waals surface area contributed by atoms with Crippen molar-refractivity contribution in [3.63, 3.8) is 0 Å². The van der Waals surface area contributed by atoms with Crippen LogP contribution in [0, 0.1) is 11.3 Å². The molecule has 1 aromatic rings. The van der Waals surface area contributed by atoms with Crippen molar-refractivity contribution in [1.29, 1.82) is 5.26 Å². The van der Waals surface area contributed by atoms with Gasteiger partial charge in [-0.15, -0.1) is 0 Å². The lowest BCUT2D eigenvalue weighted by Gasteiger charge is -1.99. The molecule has 0 saturated carbocycles. The van der Waals surface area contributed by atoms with E-state index in [4.69, 9.17) is 5.26 Å². The molecule has 0 aliphatic heterocycles. The van der Waals surface area contributed by atoms with Crippen molar-refractivity contribution in [2.75, 3.05) is 5.75 Å². The maximum Gasteiger partial charge on any atom is 0.0991 e. The summed E-state index contributed by atoms with van der Waals surface area (Å²) in [6.07, 6.45) is 0.909. The van der Waals surface area contributed by atoms with E-state index >= 15 is 0 Å². The molecular formula is C10H11NOS. The molecule has 1 rings (SSSR count). The zero-order valence-electron chi connectivity index (χ0n) is 7.49. The summed E-state index contributed by atoms with van der Waals surface area (Å²) in [7, 11) is -0.903. The predicted molar refractivity (Wildman–Crippen MR) is 52.7 cm³/mol. The van der Waals surface area contributed by atoms with Crippen LogP contribution < -0.4 is 0 Å². The summed E-state index contributed by atoms with van der Waals surface area (Å²) < 4.78 is 11.5. The second kappa shape index (κ2) is 4.78. The van der Waals surface area contributed by atoms with Crippen molar-refractivity contribution < 1.29 is 4.21 Å². The fraction of sp³-hybridized carbons (Fsp3) is 0.300. The van der Waals surface area contributed by atoms with Gasteiger partial charge in [0.15, 0.2) is 0 Å². The summed E-state index contributed by atoms with van der Waals surface area (Å²) in [5, 5.41) is 8.54. The second-order valence-corrected chi connectivity index (χ2v) is 4.26. The van der Waals surface area contributed by atoms with Crippen LogP contribution in [0.25, 0.3) is 0 Å². The number of nitrogens with zero attached hydrogens (tertiary/aromatic N) is 1. The molecular weight excluding hydrogens is 182 g/mol. The molecule has 0 N–H and O–H groups in total. The van der Waals surface area contributed by atoms with Gasteiger partial charge in [-0.2, -0.15) is 5.26 Å². The number of hydrogen-bond acceptors (Lipinski definition) is 2. The maximum absolute atomic E-state index is 11.5. The van der Waals surface area contributed by atoms with Crippen molar-refractivity contribution in [1.82, 2.24) is 0 Å². The van der Waals surface area contributed by atoms with E-state index in [9.17, 15) is 4.21 Å². The van der Waals surface area contributed by atoms with Crippen molar-refractivity contribution in [3.8, 4) is 6.07 Å². The molecule has 0 bridgehead atoms. The summed E-state index contributed by atoms with van der Waals surface area (Å²) in [5.41, 5.74) is 0.609. The lowest BCUT2D eigenvalue weighted by molar-refractivity contribution is 0.682. The van der Waals surface area contributed by atoms with Gasteiger partial charge in [0.25, 0.3) is 0 Å². The average molecular weight is 193 g/mol. The summed E-state index contributed by atoms with van der Waals surface area (Å²) in [6.45, 7) is 2.00. The minimum Gasteiger partial charge on any atom is -0.254 e. The van der Waals surface area contributed by atoms with E-state index in [0.29, 0.717) is 11.3 Å². The Morgan fingerprint density at radius 1 is 1.38 bits per heavy atom. The van der Waals surface area contributed by atoms with Gasteiger partial charge in [0.1, 0.15) is 0 Å². The third-order valence-corrected chi connectivity index (χ3v) is 3.21. The molecule has 2 nitrogen and oxygen atoms in total. The van der Waals surface area contributed by atoms with Crippen molar-refractivity contribution in [2.24, 2.45) is 0 Å². The highest BCUT2D eigenvalue weighted by Gasteiger charge is 2.01. The van der Waals surface area contributed by atoms with E-state index in [2.05, 4.69) is 0 Å². The third-order valence-electron chi connectivity index (χ3n) is 1.64. The van der Waals surface area contributed by atoms with E-state index in [0.717, 1.165) is 11.3 Å². The maximum atomic E-state index is 11.5. The second-order valence-electron chi connectivity index (χ2n) is 2.69. The first kappa shape index (κ1) is 9.94. The number of benzene rings is 1. The van der Waals surface area contributed by atoms with E-state index in [1.807, 2.05) is 13.0 Å². The Morgan fingerprint density at radius 3 is 2.46 bits per heavy atom. The smallest absolute Gasteiger partial charge is 0.0991 e. The Morgan fingerprint density at radius 2 is 2.00 bits per heavy atom. The SMILES string of the molecule is CCCS(=O)c1ccc(C#N)cc1. The van der Waals surface area contributed by atoms with Gasteiger partial charge < -0.3 is 0 Å². The van der Waals surface area contributed by atoms with Crippen LogP contribution in [0.1, 0.15) is 18.9 Å².